The third-order valence-electron chi connectivity index (χ3n) is 7.18. The molecule has 55 heavy (non-hydrogen) atoms. The maximum atomic E-state index is 12.6. The maximum Gasteiger partial charge on any atom is 0.481 e. The fraction of sp³-hybridized carbons (Fsp3) is 0.680. The maximum absolute atomic E-state index is 12.6. The Balaban J connectivity index is 0.00000136. The highest BCUT2D eigenvalue weighted by atomic mass is 32.1. The number of amides is 2. The van der Waals surface area contributed by atoms with E-state index < -0.39 is 90.7 Å². The van der Waals surface area contributed by atoms with Crippen LogP contribution in [0.25, 0.3) is 11.2 Å². The Morgan fingerprint density at radius 2 is 1.69 bits per heavy atom. The van der Waals surface area contributed by atoms with E-state index in [1.54, 1.807) is 6.92 Å². The van der Waals surface area contributed by atoms with E-state index in [4.69, 9.17) is 29.7 Å². The first-order valence-corrected chi connectivity index (χ1v) is 20.9. The number of thiol groups is 1. The largest absolute Gasteiger partial charge is 0.481 e. The molecule has 1 aliphatic rings. The van der Waals surface area contributed by atoms with Gasteiger partial charge in [0.25, 0.3) is 0 Å². The summed E-state index contributed by atoms with van der Waals surface area (Å²) in [5.41, 5.74) is 4.30. The average Bonchev–Trinajstić information content (AvgIpc) is 3.65. The number of phosphoric acid groups is 3. The molecule has 3 unspecified atom stereocenters. The number of nitrogens with two attached hydrogens (primary N) is 1. The first kappa shape index (κ1) is 48.5. The summed E-state index contributed by atoms with van der Waals surface area (Å²) in [5.74, 6) is -2.09. The van der Waals surface area contributed by atoms with Crippen molar-refractivity contribution in [3.63, 3.8) is 0 Å². The van der Waals surface area contributed by atoms with Crippen molar-refractivity contribution in [1.29, 1.82) is 0 Å². The molecule has 2 amide bonds. The van der Waals surface area contributed by atoms with E-state index >= 15 is 0 Å². The number of nitrogens with zero attached hydrogens (tertiary/aromatic N) is 4. The number of hydrogen-bond donors (Lipinski definition) is 12. The molecule has 0 radical (unpaired) electrons. The van der Waals surface area contributed by atoms with Crippen LogP contribution in [-0.2, 0) is 50.7 Å². The van der Waals surface area contributed by atoms with Gasteiger partial charge in [-0.05, 0) is 6.42 Å². The van der Waals surface area contributed by atoms with E-state index in [9.17, 15) is 57.9 Å². The monoisotopic (exact) mass is 871 g/mol. The van der Waals surface area contributed by atoms with Gasteiger partial charge in [-0.3, -0.25) is 27.7 Å². The smallest absolute Gasteiger partial charge is 0.479 e. The number of carboxylic acid groups (broad SMARTS) is 1. The second kappa shape index (κ2) is 20.7. The minimum absolute atomic E-state index is 0.0363. The van der Waals surface area contributed by atoms with Crippen LogP contribution < -0.4 is 16.4 Å². The number of nitrogen functional groups attached to an aromatic ring is 1. The highest BCUT2D eigenvalue weighted by molar-refractivity contribution is 7.80. The van der Waals surface area contributed by atoms with Crippen LogP contribution in [0.4, 0.5) is 5.82 Å². The number of nitrogens with one attached hydrogen (secondary N) is 2. The number of anilines is 1. The lowest BCUT2D eigenvalue weighted by Gasteiger charge is -2.30. The predicted octanol–water partition coefficient (Wildman–Crippen LogP) is -1.82. The Morgan fingerprint density at radius 3 is 2.25 bits per heavy atom. The molecule has 1 fully saturated rings. The highest BCUT2D eigenvalue weighted by Gasteiger charge is 2.50. The van der Waals surface area contributed by atoms with Gasteiger partial charge in [-0.25, -0.2) is 33.4 Å². The summed E-state index contributed by atoms with van der Waals surface area (Å²) in [6, 6.07) is 0. The molecule has 12 N–H and O–H groups in total. The second-order valence-corrected chi connectivity index (χ2v) is 16.7. The molecule has 8 atom stereocenters. The van der Waals surface area contributed by atoms with Crippen molar-refractivity contribution in [2.75, 3.05) is 37.8 Å². The quantitative estimate of drug-likeness (QED) is 0.0514. The molecule has 2 aromatic heterocycles. The zero-order chi connectivity index (χ0) is 41.9. The summed E-state index contributed by atoms with van der Waals surface area (Å²) in [4.78, 5) is 84.3. The summed E-state index contributed by atoms with van der Waals surface area (Å²) >= 11 is 3.95. The fourth-order valence-electron chi connectivity index (χ4n) is 4.31. The average molecular weight is 872 g/mol. The number of carbonyl (C=O) groups excluding carboxylic acids is 2. The summed E-state index contributed by atoms with van der Waals surface area (Å²) < 4.78 is 61.7. The number of aliphatic carboxylic acids is 1. The molecule has 0 bridgehead atoms. The molecule has 1 aliphatic heterocycles. The van der Waals surface area contributed by atoms with E-state index in [-0.39, 0.29) is 42.3 Å². The molecular weight excluding hydrogens is 827 g/mol. The molecule has 1 saturated heterocycles. The van der Waals surface area contributed by atoms with Crippen LogP contribution in [0, 0.1) is 5.41 Å². The summed E-state index contributed by atoms with van der Waals surface area (Å²) in [7, 11) is -16.3. The van der Waals surface area contributed by atoms with Crippen LogP contribution in [0.5, 0.6) is 0 Å². The number of ether oxygens (including phenoxy) is 1. The lowest BCUT2D eigenvalue weighted by atomic mass is 9.87. The topological polar surface area (TPSA) is 404 Å². The number of aliphatic hydroxyl groups excluding tert-OH is 3. The van der Waals surface area contributed by atoms with Gasteiger partial charge >= 0.3 is 29.4 Å². The van der Waals surface area contributed by atoms with Crippen LogP contribution in [0.15, 0.2) is 12.7 Å². The Bertz CT molecular complexity index is 1770. The van der Waals surface area contributed by atoms with E-state index in [0.717, 1.165) is 17.2 Å². The molecule has 0 saturated carbocycles. The van der Waals surface area contributed by atoms with Gasteiger partial charge in [0, 0.05) is 30.7 Å². The summed E-state index contributed by atoms with van der Waals surface area (Å²) in [5, 5.41) is 42.4. The Morgan fingerprint density at radius 1 is 1.05 bits per heavy atom. The van der Waals surface area contributed by atoms with Crippen molar-refractivity contribution >= 4 is 70.9 Å². The number of aromatic nitrogens is 4. The van der Waals surface area contributed by atoms with Gasteiger partial charge in [0.15, 0.2) is 23.8 Å². The number of aliphatic hydroxyl groups is 3. The summed E-state index contributed by atoms with van der Waals surface area (Å²) in [6.45, 7) is 2.33. The van der Waals surface area contributed by atoms with Crippen molar-refractivity contribution in [2.24, 2.45) is 5.41 Å². The van der Waals surface area contributed by atoms with Crippen LogP contribution in [0.2, 0.25) is 0 Å². The molecule has 30 heteroatoms. The molecule has 0 spiro atoms. The number of phosphoric ester groups is 3. The molecule has 26 nitrogen and oxygen atoms in total. The molecule has 3 rings (SSSR count). The van der Waals surface area contributed by atoms with Gasteiger partial charge in [-0.1, -0.05) is 20.8 Å². The van der Waals surface area contributed by atoms with Gasteiger partial charge < -0.3 is 61.1 Å². The lowest BCUT2D eigenvalue weighted by molar-refractivity contribution is -0.146. The normalized spacial score (nSPS) is 22.1. The Hall–Kier alpha value is -2.68. The van der Waals surface area contributed by atoms with E-state index in [1.807, 2.05) is 0 Å². The van der Waals surface area contributed by atoms with Gasteiger partial charge in [0.05, 0.1) is 19.5 Å². The van der Waals surface area contributed by atoms with Crippen LogP contribution in [-0.4, -0.2) is 140 Å². The van der Waals surface area contributed by atoms with Gasteiger partial charge in [-0.15, -0.1) is 0 Å². The number of rotatable bonds is 20. The van der Waals surface area contributed by atoms with Crippen molar-refractivity contribution < 1.29 is 90.7 Å². The van der Waals surface area contributed by atoms with E-state index in [1.165, 1.54) is 13.8 Å². The molecular formula is C25H44N7O19P3S. The number of carbonyl (C=O) groups is 3. The van der Waals surface area contributed by atoms with Crippen LogP contribution in [0.3, 0.4) is 0 Å². The predicted molar refractivity (Wildman–Crippen MR) is 187 cm³/mol. The SMILES string of the molecule is CC(C)(COP(=O)(O)OP(=O)(O)OC[C@H]1O[C@@H](n2cnc3c(N)ncnc32)[C@H](O)[C@@H]1OP(=O)(O)O)[C@@H](O)C(=O)NCCC(=O)NCCS.CCC(O)C(=O)O. The van der Waals surface area contributed by atoms with Crippen molar-refractivity contribution in [2.45, 2.75) is 70.4 Å². The van der Waals surface area contributed by atoms with Crippen molar-refractivity contribution in [3.05, 3.63) is 12.7 Å². The molecule has 2 aromatic rings. The van der Waals surface area contributed by atoms with Crippen LogP contribution in [0.1, 0.15) is 39.8 Å². The van der Waals surface area contributed by atoms with E-state index in [2.05, 4.69) is 47.0 Å². The first-order chi connectivity index (χ1) is 25.3. The van der Waals surface area contributed by atoms with Crippen molar-refractivity contribution in [3.8, 4) is 0 Å². The number of imidazole rings is 1. The van der Waals surface area contributed by atoms with E-state index in [0.29, 0.717) is 12.3 Å². The first-order valence-electron chi connectivity index (χ1n) is 15.7. The Labute approximate surface area is 317 Å². The zero-order valence-corrected chi connectivity index (χ0v) is 32.9. The zero-order valence-electron chi connectivity index (χ0n) is 29.3. The van der Waals surface area contributed by atoms with Crippen LogP contribution >= 0.6 is 36.1 Å². The number of fused-ring (bicyclic) bond motifs is 1. The lowest BCUT2D eigenvalue weighted by Crippen LogP contribution is -2.46. The third kappa shape index (κ3) is 15.3. The van der Waals surface area contributed by atoms with Gasteiger partial charge in [-0.2, -0.15) is 16.9 Å². The molecule has 314 valence electrons. The van der Waals surface area contributed by atoms with Crippen molar-refractivity contribution in [1.82, 2.24) is 30.2 Å². The molecule has 0 aromatic carbocycles. The third-order valence-corrected chi connectivity index (χ3v) is 10.5. The molecule has 0 aliphatic carbocycles. The minimum Gasteiger partial charge on any atom is -0.479 e. The van der Waals surface area contributed by atoms with Gasteiger partial charge in [0.1, 0.15) is 36.3 Å². The standard InChI is InChI=1S/C21H36N7O16P3S.C4H8O3/c1-21(2,16(31)19(32)24-4-3-12(29)23-5-6-48)8-41-47(38,39)44-46(36,37)40-7-11-15(43-45(33,34)35)14(30)20(42-11)28-10-27-13-17(22)25-9-26-18(13)28;1-2-3(5)4(6)7/h9-11,14-16,20,30-31,48H,3-8H2,1-2H3,(H,23,29)(H,24,32)(H,36,37)(H,38,39)(H2,22,25,26)(H2,33,34,35);3,5H,2H2,1H3,(H,6,7)/t11-,14-,15-,16+,20-;/m1./s1. The highest BCUT2D eigenvalue weighted by Crippen LogP contribution is 2.61. The molecule has 3 heterocycles. The number of carboxylic acids is 1. The summed E-state index contributed by atoms with van der Waals surface area (Å²) in [6.07, 6.45) is -7.65. The fourth-order valence-corrected chi connectivity index (χ4v) is 7.25. The second-order valence-electron chi connectivity index (χ2n) is 12.1. The minimum atomic E-state index is -5.54. The van der Waals surface area contributed by atoms with Gasteiger partial charge in [0.2, 0.25) is 11.8 Å². The number of hydrogen-bond acceptors (Lipinski definition) is 19. The Kier molecular flexibility index (Phi) is 18.2.